The average Bonchev–Trinajstić information content (AvgIpc) is 3.02. The largest absolute Gasteiger partial charge is 0.335 e. The van der Waals surface area contributed by atoms with Gasteiger partial charge in [-0.3, -0.25) is 14.8 Å². The molecule has 2 heterocycles. The number of carbonyl (C=O) groups excluding carboxylic acids is 1. The van der Waals surface area contributed by atoms with E-state index in [1.54, 1.807) is 6.20 Å². The maximum Gasteiger partial charge on any atom is 0.272 e. The predicted octanol–water partition coefficient (Wildman–Crippen LogP) is 2.19. The maximum atomic E-state index is 12.4. The summed E-state index contributed by atoms with van der Waals surface area (Å²) in [5.41, 5.74) is 2.74. The number of rotatable bonds is 4. The molecule has 5 heteroatoms. The van der Waals surface area contributed by atoms with Crippen molar-refractivity contribution in [1.29, 1.82) is 0 Å². The number of piperazine rings is 1. The molecular weight excluding hydrogens is 288 g/mol. The highest BCUT2D eigenvalue weighted by molar-refractivity contribution is 5.93. The van der Waals surface area contributed by atoms with Gasteiger partial charge in [0.15, 0.2) is 0 Å². The molecule has 120 valence electrons. The summed E-state index contributed by atoms with van der Waals surface area (Å²) in [7, 11) is 0. The van der Waals surface area contributed by atoms with Crippen molar-refractivity contribution in [2.24, 2.45) is 0 Å². The number of nitrogens with one attached hydrogen (secondary N) is 1. The average molecular weight is 310 g/mol. The second-order valence-electron chi connectivity index (χ2n) is 5.83. The molecule has 0 radical (unpaired) electrons. The Morgan fingerprint density at radius 3 is 2.61 bits per heavy atom. The van der Waals surface area contributed by atoms with Gasteiger partial charge in [0.05, 0.1) is 6.20 Å². The molecule has 0 saturated carbocycles. The molecule has 0 aliphatic carbocycles. The van der Waals surface area contributed by atoms with E-state index in [0.29, 0.717) is 5.69 Å². The van der Waals surface area contributed by atoms with E-state index in [2.05, 4.69) is 39.4 Å². The third kappa shape index (κ3) is 3.87. The van der Waals surface area contributed by atoms with E-state index >= 15 is 0 Å². The first-order chi connectivity index (χ1) is 11.2. The van der Waals surface area contributed by atoms with Crippen LogP contribution in [0.2, 0.25) is 0 Å². The molecule has 1 amide bonds. The lowest BCUT2D eigenvalue weighted by Crippen LogP contribution is -2.48. The van der Waals surface area contributed by atoms with Gasteiger partial charge < -0.3 is 4.90 Å². The van der Waals surface area contributed by atoms with Crippen molar-refractivity contribution >= 4 is 12.0 Å². The van der Waals surface area contributed by atoms with Gasteiger partial charge in [0.1, 0.15) is 5.69 Å². The summed E-state index contributed by atoms with van der Waals surface area (Å²) in [6, 6.07) is 10.3. The summed E-state index contributed by atoms with van der Waals surface area (Å²) < 4.78 is 0. The zero-order chi connectivity index (χ0) is 16.1. The topological polar surface area (TPSA) is 52.2 Å². The van der Waals surface area contributed by atoms with Crippen molar-refractivity contribution in [3.05, 3.63) is 59.4 Å². The Bertz CT molecular complexity index is 669. The first-order valence-corrected chi connectivity index (χ1v) is 7.97. The summed E-state index contributed by atoms with van der Waals surface area (Å²) >= 11 is 0. The number of aromatic nitrogens is 2. The monoisotopic (exact) mass is 310 g/mol. The zero-order valence-corrected chi connectivity index (χ0v) is 13.4. The highest BCUT2D eigenvalue weighted by Crippen LogP contribution is 2.10. The fourth-order valence-corrected chi connectivity index (χ4v) is 2.76. The molecule has 1 aliphatic heterocycles. The molecule has 3 rings (SSSR count). The molecule has 1 N–H and O–H groups in total. The van der Waals surface area contributed by atoms with E-state index in [4.69, 9.17) is 0 Å². The van der Waals surface area contributed by atoms with Crippen LogP contribution in [0.3, 0.4) is 0 Å². The van der Waals surface area contributed by atoms with Crippen LogP contribution >= 0.6 is 0 Å². The summed E-state index contributed by atoms with van der Waals surface area (Å²) in [5.74, 6) is 0.0551. The Kier molecular flexibility index (Phi) is 4.88. The maximum absolute atomic E-state index is 12.4. The minimum atomic E-state index is 0.0551. The first-order valence-electron chi connectivity index (χ1n) is 7.97. The standard InChI is InChI=1S/C18H22N4O/c1-15-14-19-20-17(15)18(23)22-12-10-21(11-13-22)9-5-8-16-6-3-2-4-7-16/h2-8,14H,9-13H2,1H3,(H,19,20)/b8-5+. The van der Waals surface area contributed by atoms with Gasteiger partial charge in [0.25, 0.3) is 5.91 Å². The number of hydrogen-bond acceptors (Lipinski definition) is 3. The predicted molar refractivity (Wildman–Crippen MR) is 91.1 cm³/mol. The smallest absolute Gasteiger partial charge is 0.272 e. The minimum Gasteiger partial charge on any atom is -0.335 e. The van der Waals surface area contributed by atoms with Crippen molar-refractivity contribution in [2.45, 2.75) is 6.92 Å². The third-order valence-electron chi connectivity index (χ3n) is 4.18. The third-order valence-corrected chi connectivity index (χ3v) is 4.18. The second-order valence-corrected chi connectivity index (χ2v) is 5.83. The number of nitrogens with zero attached hydrogens (tertiary/aromatic N) is 3. The quantitative estimate of drug-likeness (QED) is 0.942. The van der Waals surface area contributed by atoms with Crippen LogP contribution in [0.15, 0.2) is 42.6 Å². The van der Waals surface area contributed by atoms with Crippen LogP contribution in [0.4, 0.5) is 0 Å². The van der Waals surface area contributed by atoms with Gasteiger partial charge in [-0.1, -0.05) is 42.5 Å². The van der Waals surface area contributed by atoms with Crippen LogP contribution in [0, 0.1) is 6.92 Å². The highest BCUT2D eigenvalue weighted by Gasteiger charge is 2.23. The van der Waals surface area contributed by atoms with E-state index in [9.17, 15) is 4.79 Å². The molecule has 5 nitrogen and oxygen atoms in total. The summed E-state index contributed by atoms with van der Waals surface area (Å²) in [4.78, 5) is 16.7. The Balaban J connectivity index is 1.48. The number of carbonyl (C=O) groups is 1. The molecule has 2 aromatic rings. The summed E-state index contributed by atoms with van der Waals surface area (Å²) in [6.07, 6.45) is 6.02. The van der Waals surface area contributed by atoms with E-state index in [1.165, 1.54) is 5.56 Å². The summed E-state index contributed by atoms with van der Waals surface area (Å²) in [5, 5.41) is 6.73. The van der Waals surface area contributed by atoms with Crippen LogP contribution in [0.1, 0.15) is 21.6 Å². The number of amides is 1. The molecule has 1 fully saturated rings. The fraction of sp³-hybridized carbons (Fsp3) is 0.333. The number of hydrogen-bond donors (Lipinski definition) is 1. The Labute approximate surface area is 136 Å². The molecule has 0 unspecified atom stereocenters. The number of aryl methyl sites for hydroxylation is 1. The fourth-order valence-electron chi connectivity index (χ4n) is 2.76. The highest BCUT2D eigenvalue weighted by atomic mass is 16.2. The molecule has 0 spiro atoms. The summed E-state index contributed by atoms with van der Waals surface area (Å²) in [6.45, 7) is 6.14. The van der Waals surface area contributed by atoms with Crippen molar-refractivity contribution in [2.75, 3.05) is 32.7 Å². The molecule has 1 saturated heterocycles. The van der Waals surface area contributed by atoms with E-state index in [1.807, 2.05) is 30.0 Å². The van der Waals surface area contributed by atoms with Gasteiger partial charge in [-0.25, -0.2) is 0 Å². The van der Waals surface area contributed by atoms with Crippen LogP contribution < -0.4 is 0 Å². The Hall–Kier alpha value is -2.40. The molecule has 23 heavy (non-hydrogen) atoms. The van der Waals surface area contributed by atoms with Crippen LogP contribution in [0.5, 0.6) is 0 Å². The van der Waals surface area contributed by atoms with E-state index in [-0.39, 0.29) is 5.91 Å². The molecular formula is C18H22N4O. The van der Waals surface area contributed by atoms with Crippen molar-refractivity contribution < 1.29 is 4.79 Å². The van der Waals surface area contributed by atoms with Crippen molar-refractivity contribution in [1.82, 2.24) is 20.0 Å². The zero-order valence-electron chi connectivity index (χ0n) is 13.4. The first kappa shape index (κ1) is 15.5. The molecule has 1 aliphatic rings. The number of benzene rings is 1. The molecule has 0 bridgehead atoms. The molecule has 1 aromatic heterocycles. The van der Waals surface area contributed by atoms with Gasteiger partial charge in [-0.2, -0.15) is 5.10 Å². The number of aromatic amines is 1. The van der Waals surface area contributed by atoms with E-state index < -0.39 is 0 Å². The lowest BCUT2D eigenvalue weighted by molar-refractivity contribution is 0.0643. The van der Waals surface area contributed by atoms with Gasteiger partial charge in [-0.05, 0) is 18.1 Å². The SMILES string of the molecule is Cc1cn[nH]c1C(=O)N1CCN(C/C=C/c2ccccc2)CC1. The normalized spacial score (nSPS) is 16.1. The lowest BCUT2D eigenvalue weighted by Gasteiger charge is -2.34. The van der Waals surface area contributed by atoms with Crippen molar-refractivity contribution in [3.8, 4) is 0 Å². The van der Waals surface area contributed by atoms with Crippen LogP contribution in [0.25, 0.3) is 6.08 Å². The van der Waals surface area contributed by atoms with Gasteiger partial charge in [0, 0.05) is 32.7 Å². The Morgan fingerprint density at radius 1 is 1.22 bits per heavy atom. The Morgan fingerprint density at radius 2 is 1.96 bits per heavy atom. The minimum absolute atomic E-state index is 0.0551. The van der Waals surface area contributed by atoms with Gasteiger partial charge in [0.2, 0.25) is 0 Å². The lowest BCUT2D eigenvalue weighted by atomic mass is 10.2. The van der Waals surface area contributed by atoms with Gasteiger partial charge in [-0.15, -0.1) is 0 Å². The van der Waals surface area contributed by atoms with Crippen LogP contribution in [-0.2, 0) is 0 Å². The van der Waals surface area contributed by atoms with Crippen LogP contribution in [-0.4, -0.2) is 58.6 Å². The van der Waals surface area contributed by atoms with Gasteiger partial charge >= 0.3 is 0 Å². The second kappa shape index (κ2) is 7.24. The number of H-pyrrole nitrogens is 1. The molecule has 0 atom stereocenters. The molecule has 1 aromatic carbocycles. The van der Waals surface area contributed by atoms with E-state index in [0.717, 1.165) is 38.3 Å². The van der Waals surface area contributed by atoms with Crippen molar-refractivity contribution in [3.63, 3.8) is 0 Å².